The van der Waals surface area contributed by atoms with Gasteiger partial charge in [-0.1, -0.05) is 31.2 Å². The van der Waals surface area contributed by atoms with E-state index >= 15 is 8.42 Å². The number of ether oxygens (including phenoxy) is 3. The fraction of sp³-hybridized carbons (Fsp3) is 0.412. The van der Waals surface area contributed by atoms with Crippen LogP contribution in [0.2, 0.25) is 0 Å². The molecule has 2 aliphatic rings. The SMILES string of the molecule is COc1ccc(CN(Cc2ccc(OC)cc2)S(=O)(=O)c2c(S(=O)N[C@@H]3CN(C(=O)OC(C)(C)C)C[C@H]3C)ccc(I)c2C2=NN=NC2)cc1. The van der Waals surface area contributed by atoms with Crippen LogP contribution in [0.5, 0.6) is 11.5 Å². The first-order valence-electron chi connectivity index (χ1n) is 15.9. The molecule has 0 aromatic heterocycles. The number of rotatable bonds is 12. The molecule has 268 valence electrons. The smallest absolute Gasteiger partial charge is 0.410 e. The molecule has 0 aliphatic carbocycles. The third-order valence-corrected chi connectivity index (χ3v) is 12.3. The minimum absolute atomic E-state index is 0.00844. The summed E-state index contributed by atoms with van der Waals surface area (Å²) in [4.78, 5) is 14.3. The Balaban J connectivity index is 1.56. The van der Waals surface area contributed by atoms with E-state index in [-0.39, 0.29) is 41.9 Å². The third kappa shape index (κ3) is 8.88. The second-order valence-corrected chi connectivity index (χ2v) is 17.3. The number of sulfonamides is 1. The van der Waals surface area contributed by atoms with Crippen LogP contribution in [0.3, 0.4) is 0 Å². The van der Waals surface area contributed by atoms with Gasteiger partial charge in [-0.05, 0) is 102 Å². The van der Waals surface area contributed by atoms with Gasteiger partial charge in [-0.2, -0.15) is 9.42 Å². The normalized spacial score (nSPS) is 18.3. The molecule has 0 bridgehead atoms. The van der Waals surface area contributed by atoms with Crippen molar-refractivity contribution in [3.8, 4) is 11.5 Å². The fourth-order valence-corrected chi connectivity index (χ4v) is 9.94. The predicted octanol–water partition coefficient (Wildman–Crippen LogP) is 5.74. The van der Waals surface area contributed by atoms with Crippen LogP contribution in [0.1, 0.15) is 44.4 Å². The number of hydrogen-bond acceptors (Lipinski definition) is 10. The second-order valence-electron chi connectivity index (χ2n) is 13.0. The van der Waals surface area contributed by atoms with Crippen LogP contribution < -0.4 is 14.2 Å². The van der Waals surface area contributed by atoms with Crippen molar-refractivity contribution in [1.29, 1.82) is 0 Å². The van der Waals surface area contributed by atoms with Crippen LogP contribution in [0.15, 0.2) is 85.9 Å². The van der Waals surface area contributed by atoms with E-state index < -0.39 is 38.7 Å². The van der Waals surface area contributed by atoms with Crippen LogP contribution in [0.4, 0.5) is 4.79 Å². The van der Waals surface area contributed by atoms with Gasteiger partial charge in [-0.3, -0.25) is 0 Å². The van der Waals surface area contributed by atoms with Gasteiger partial charge in [0.25, 0.3) is 0 Å². The molecule has 2 aliphatic heterocycles. The molecule has 16 heteroatoms. The molecule has 2 heterocycles. The molecule has 1 amide bonds. The summed E-state index contributed by atoms with van der Waals surface area (Å²) in [5.74, 6) is 1.19. The largest absolute Gasteiger partial charge is 0.497 e. The van der Waals surface area contributed by atoms with Gasteiger partial charge in [0.2, 0.25) is 10.0 Å². The van der Waals surface area contributed by atoms with Crippen molar-refractivity contribution in [1.82, 2.24) is 13.9 Å². The number of carbonyl (C=O) groups is 1. The van der Waals surface area contributed by atoms with Gasteiger partial charge in [0, 0.05) is 41.4 Å². The standard InChI is InChI=1S/C34H41IN6O7S2/c1-22-18-40(33(42)48-34(2,3)4)21-29(22)38-49(43)30-16-15-27(35)31(28-17-36-39-37-28)32(30)50(44,45)41(19-23-7-11-25(46-5)12-8-23)20-24-9-13-26(47-6)14-10-24/h7-16,22,29,38H,17-21H2,1-6H3/t22-,29-,49?/m1/s1. The first kappa shape index (κ1) is 37.8. The Morgan fingerprint density at radius 1 is 0.980 bits per heavy atom. The Labute approximate surface area is 309 Å². The number of carbonyl (C=O) groups excluding carboxylic acids is 1. The summed E-state index contributed by atoms with van der Waals surface area (Å²) in [6.07, 6.45) is -0.460. The second kappa shape index (κ2) is 15.8. The van der Waals surface area contributed by atoms with Gasteiger partial charge in [0.15, 0.2) is 0 Å². The minimum Gasteiger partial charge on any atom is -0.497 e. The van der Waals surface area contributed by atoms with E-state index in [9.17, 15) is 9.00 Å². The summed E-state index contributed by atoms with van der Waals surface area (Å²) in [7, 11) is -3.30. The van der Waals surface area contributed by atoms with Gasteiger partial charge in [-0.15, -0.1) is 5.10 Å². The highest BCUT2D eigenvalue weighted by molar-refractivity contribution is 14.1. The quantitative estimate of drug-likeness (QED) is 0.229. The van der Waals surface area contributed by atoms with E-state index in [1.807, 2.05) is 31.2 Å². The first-order chi connectivity index (χ1) is 23.7. The third-order valence-electron chi connectivity index (χ3n) is 8.16. The van der Waals surface area contributed by atoms with E-state index in [0.29, 0.717) is 32.9 Å². The van der Waals surface area contributed by atoms with Crippen molar-refractivity contribution in [3.05, 3.63) is 80.9 Å². The number of nitrogens with zero attached hydrogens (tertiary/aromatic N) is 5. The maximum atomic E-state index is 15.1. The average molecular weight is 837 g/mol. The number of methoxy groups -OCH3 is 2. The molecule has 1 N–H and O–H groups in total. The molecule has 0 spiro atoms. The molecular formula is C34H41IN6O7S2. The van der Waals surface area contributed by atoms with E-state index in [4.69, 9.17) is 14.2 Å². The van der Waals surface area contributed by atoms with Crippen LogP contribution >= 0.6 is 22.6 Å². The highest BCUT2D eigenvalue weighted by atomic mass is 127. The topological polar surface area (TPSA) is 152 Å². The van der Waals surface area contributed by atoms with Crippen molar-refractivity contribution in [3.63, 3.8) is 0 Å². The molecule has 1 saturated heterocycles. The number of halogens is 1. The summed E-state index contributed by atoms with van der Waals surface area (Å²) < 4.78 is 65.9. The molecule has 0 radical (unpaired) electrons. The summed E-state index contributed by atoms with van der Waals surface area (Å²) in [6, 6.07) is 17.2. The highest BCUT2D eigenvalue weighted by Gasteiger charge is 2.39. The Morgan fingerprint density at radius 2 is 1.56 bits per heavy atom. The molecular weight excluding hydrogens is 795 g/mol. The van der Waals surface area contributed by atoms with Crippen LogP contribution in [-0.2, 0) is 38.8 Å². The zero-order valence-electron chi connectivity index (χ0n) is 28.8. The van der Waals surface area contributed by atoms with Gasteiger partial charge in [0.05, 0.1) is 24.8 Å². The van der Waals surface area contributed by atoms with Gasteiger partial charge >= 0.3 is 6.09 Å². The number of hydrogen-bond donors (Lipinski definition) is 1. The molecule has 5 rings (SSSR count). The van der Waals surface area contributed by atoms with Crippen molar-refractivity contribution in [2.75, 3.05) is 33.9 Å². The van der Waals surface area contributed by atoms with Crippen molar-refractivity contribution < 1.29 is 31.6 Å². The molecule has 1 fully saturated rings. The Bertz CT molecular complexity index is 1850. The van der Waals surface area contributed by atoms with Gasteiger partial charge in [-0.25, -0.2) is 22.1 Å². The zero-order valence-corrected chi connectivity index (χ0v) is 32.5. The first-order valence-corrected chi connectivity index (χ1v) is 19.5. The summed E-state index contributed by atoms with van der Waals surface area (Å²) >= 11 is 2.06. The highest BCUT2D eigenvalue weighted by Crippen LogP contribution is 2.34. The lowest BCUT2D eigenvalue weighted by atomic mass is 10.1. The number of amides is 1. The summed E-state index contributed by atoms with van der Waals surface area (Å²) in [5.41, 5.74) is 1.43. The predicted molar refractivity (Wildman–Crippen MR) is 198 cm³/mol. The fourth-order valence-electron chi connectivity index (χ4n) is 5.58. The van der Waals surface area contributed by atoms with Crippen molar-refractivity contribution in [2.45, 2.75) is 62.2 Å². The van der Waals surface area contributed by atoms with E-state index in [0.717, 1.165) is 11.1 Å². The average Bonchev–Trinajstić information content (AvgIpc) is 3.74. The van der Waals surface area contributed by atoms with Crippen LogP contribution in [-0.4, -0.2) is 79.1 Å². The minimum atomic E-state index is -4.40. The van der Waals surface area contributed by atoms with Crippen LogP contribution in [0, 0.1) is 9.49 Å². The van der Waals surface area contributed by atoms with E-state index in [1.54, 1.807) is 76.3 Å². The van der Waals surface area contributed by atoms with Gasteiger partial charge < -0.3 is 19.1 Å². The molecule has 3 aromatic rings. The van der Waals surface area contributed by atoms with Gasteiger partial charge in [0.1, 0.15) is 39.5 Å². The lowest BCUT2D eigenvalue weighted by Crippen LogP contribution is -2.40. The molecule has 50 heavy (non-hydrogen) atoms. The maximum Gasteiger partial charge on any atom is 0.410 e. The maximum absolute atomic E-state index is 15.1. The molecule has 0 saturated carbocycles. The Kier molecular flexibility index (Phi) is 12.0. The van der Waals surface area contributed by atoms with Crippen LogP contribution in [0.25, 0.3) is 0 Å². The van der Waals surface area contributed by atoms with Crippen molar-refractivity contribution in [2.24, 2.45) is 21.4 Å². The Morgan fingerprint density at radius 3 is 2.06 bits per heavy atom. The summed E-state index contributed by atoms with van der Waals surface area (Å²) in [5, 5.41) is 11.9. The zero-order chi connectivity index (χ0) is 36.2. The lowest BCUT2D eigenvalue weighted by molar-refractivity contribution is 0.0287. The van der Waals surface area contributed by atoms with E-state index in [2.05, 4.69) is 42.8 Å². The molecule has 3 atom stereocenters. The monoisotopic (exact) mass is 836 g/mol. The molecule has 13 nitrogen and oxygen atoms in total. The Hall–Kier alpha value is -3.45. The number of likely N-dealkylation sites (tertiary alicyclic amines) is 1. The molecule has 3 aromatic carbocycles. The molecule has 1 unspecified atom stereocenters. The van der Waals surface area contributed by atoms with Crippen molar-refractivity contribution >= 4 is 55.4 Å². The summed E-state index contributed by atoms with van der Waals surface area (Å²) in [6.45, 7) is 8.06. The number of benzene rings is 3. The van der Waals surface area contributed by atoms with E-state index in [1.165, 1.54) is 4.31 Å². The lowest BCUT2D eigenvalue weighted by Gasteiger charge is -2.26. The number of nitrogens with one attached hydrogen (secondary N) is 1.